The fraction of sp³-hybridized carbons (Fsp3) is 0.0833. The zero-order valence-electron chi connectivity index (χ0n) is 8.92. The minimum atomic E-state index is 0.392. The number of rotatable bonds is 1. The quantitative estimate of drug-likeness (QED) is 0.716. The Balaban J connectivity index is 2.30. The van der Waals surface area contributed by atoms with Gasteiger partial charge >= 0.3 is 0 Å². The number of nitrogens with one attached hydrogen (secondary N) is 1. The number of halogens is 2. The van der Waals surface area contributed by atoms with Crippen LogP contribution in [0.1, 0.15) is 5.89 Å². The second-order valence-corrected chi connectivity index (χ2v) is 5.02. The number of fused-ring (bicyclic) bond motifs is 1. The van der Waals surface area contributed by atoms with Crippen molar-refractivity contribution < 1.29 is 4.42 Å². The van der Waals surface area contributed by atoms with Gasteiger partial charge in [-0.3, -0.25) is 0 Å². The second kappa shape index (κ2) is 3.89. The molecule has 5 heteroatoms. The highest BCUT2D eigenvalue weighted by atomic mass is 79.9. The van der Waals surface area contributed by atoms with E-state index in [4.69, 9.17) is 16.0 Å². The van der Waals surface area contributed by atoms with Crippen LogP contribution in [0.4, 0.5) is 0 Å². The molecule has 0 aliphatic heterocycles. The first-order valence-electron chi connectivity index (χ1n) is 5.05. The molecule has 1 N–H and O–H groups in total. The molecule has 2 aromatic heterocycles. The van der Waals surface area contributed by atoms with Gasteiger partial charge in [-0.1, -0.05) is 27.5 Å². The van der Waals surface area contributed by atoms with Gasteiger partial charge in [0.15, 0.2) is 16.8 Å². The first kappa shape index (κ1) is 10.9. The van der Waals surface area contributed by atoms with Gasteiger partial charge in [0.05, 0.1) is 0 Å². The fourth-order valence-corrected chi connectivity index (χ4v) is 2.47. The summed E-state index contributed by atoms with van der Waals surface area (Å²) in [4.78, 5) is 7.25. The van der Waals surface area contributed by atoms with Gasteiger partial charge in [-0.05, 0) is 18.2 Å². The van der Waals surface area contributed by atoms with Crippen molar-refractivity contribution in [3.05, 3.63) is 39.9 Å². The highest BCUT2D eigenvalue weighted by Gasteiger charge is 2.15. The van der Waals surface area contributed by atoms with Crippen LogP contribution in [0, 0.1) is 6.92 Å². The maximum atomic E-state index is 6.05. The van der Waals surface area contributed by atoms with Crippen molar-refractivity contribution in [2.75, 3.05) is 0 Å². The van der Waals surface area contributed by atoms with E-state index in [1.165, 1.54) is 0 Å². The Morgan fingerprint density at radius 2 is 2.24 bits per heavy atom. The van der Waals surface area contributed by atoms with Gasteiger partial charge in [0.1, 0.15) is 0 Å². The van der Waals surface area contributed by atoms with Gasteiger partial charge in [0.2, 0.25) is 0 Å². The molecule has 0 radical (unpaired) electrons. The Bertz CT molecular complexity index is 702. The third-order valence-corrected chi connectivity index (χ3v) is 3.33. The Morgan fingerprint density at radius 1 is 1.41 bits per heavy atom. The molecule has 17 heavy (non-hydrogen) atoms. The third-order valence-electron chi connectivity index (χ3n) is 2.58. The SMILES string of the molecule is Cc1nc(Cl)c(-c2c[nH]c3ccc(Br)cc23)o1. The van der Waals surface area contributed by atoms with Gasteiger partial charge in [-0.25, -0.2) is 4.98 Å². The molecule has 3 nitrogen and oxygen atoms in total. The van der Waals surface area contributed by atoms with Crippen LogP contribution in [0.5, 0.6) is 0 Å². The molecular weight excluding hydrogens is 304 g/mol. The van der Waals surface area contributed by atoms with E-state index in [1.54, 1.807) is 6.92 Å². The minimum absolute atomic E-state index is 0.392. The zero-order valence-corrected chi connectivity index (χ0v) is 11.3. The van der Waals surface area contributed by atoms with E-state index in [0.29, 0.717) is 16.8 Å². The molecule has 0 amide bonds. The first-order valence-corrected chi connectivity index (χ1v) is 6.22. The number of hydrogen-bond donors (Lipinski definition) is 1. The normalized spacial score (nSPS) is 11.2. The molecular formula is C12H8BrClN2O. The van der Waals surface area contributed by atoms with E-state index < -0.39 is 0 Å². The third kappa shape index (κ3) is 1.77. The van der Waals surface area contributed by atoms with Crippen molar-refractivity contribution >= 4 is 38.4 Å². The lowest BCUT2D eigenvalue weighted by molar-refractivity contribution is 0.535. The molecule has 3 aromatic rings. The largest absolute Gasteiger partial charge is 0.439 e. The van der Waals surface area contributed by atoms with Gasteiger partial charge in [-0.2, -0.15) is 0 Å². The number of hydrogen-bond acceptors (Lipinski definition) is 2. The van der Waals surface area contributed by atoms with Crippen molar-refractivity contribution in [2.24, 2.45) is 0 Å². The summed E-state index contributed by atoms with van der Waals surface area (Å²) in [5, 5.41) is 1.45. The van der Waals surface area contributed by atoms with Crippen molar-refractivity contribution in [3.8, 4) is 11.3 Å². The lowest BCUT2D eigenvalue weighted by Crippen LogP contribution is -1.73. The van der Waals surface area contributed by atoms with Crippen molar-refractivity contribution in [1.29, 1.82) is 0 Å². The first-order chi connectivity index (χ1) is 8.15. The number of aryl methyl sites for hydroxylation is 1. The van der Waals surface area contributed by atoms with Crippen LogP contribution >= 0.6 is 27.5 Å². The van der Waals surface area contributed by atoms with Crippen molar-refractivity contribution in [3.63, 3.8) is 0 Å². The molecule has 86 valence electrons. The Labute approximate surface area is 111 Å². The molecule has 0 atom stereocenters. The van der Waals surface area contributed by atoms with Crippen LogP contribution in [0.2, 0.25) is 5.15 Å². The summed E-state index contributed by atoms with van der Waals surface area (Å²) in [6.07, 6.45) is 1.88. The van der Waals surface area contributed by atoms with Crippen LogP contribution in [-0.4, -0.2) is 9.97 Å². The predicted molar refractivity (Wildman–Crippen MR) is 71.2 cm³/mol. The summed E-state index contributed by atoms with van der Waals surface area (Å²) in [6, 6.07) is 6.01. The maximum Gasteiger partial charge on any atom is 0.193 e. The Kier molecular flexibility index (Phi) is 2.49. The lowest BCUT2D eigenvalue weighted by Gasteiger charge is -1.96. The van der Waals surface area contributed by atoms with Crippen molar-refractivity contribution in [2.45, 2.75) is 6.92 Å². The minimum Gasteiger partial charge on any atom is -0.439 e. The van der Waals surface area contributed by atoms with E-state index >= 15 is 0 Å². The predicted octanol–water partition coefficient (Wildman–Crippen LogP) is 4.55. The van der Waals surface area contributed by atoms with E-state index in [-0.39, 0.29) is 0 Å². The monoisotopic (exact) mass is 310 g/mol. The second-order valence-electron chi connectivity index (χ2n) is 3.75. The molecule has 3 rings (SSSR count). The smallest absolute Gasteiger partial charge is 0.193 e. The zero-order chi connectivity index (χ0) is 12.0. The van der Waals surface area contributed by atoms with Crippen LogP contribution in [-0.2, 0) is 0 Å². The summed E-state index contributed by atoms with van der Waals surface area (Å²) in [5.41, 5.74) is 1.96. The molecule has 0 spiro atoms. The summed E-state index contributed by atoms with van der Waals surface area (Å²) >= 11 is 9.50. The van der Waals surface area contributed by atoms with Crippen LogP contribution in [0.15, 0.2) is 33.3 Å². The van der Waals surface area contributed by atoms with Crippen LogP contribution in [0.25, 0.3) is 22.2 Å². The summed E-state index contributed by atoms with van der Waals surface area (Å²) in [5.74, 6) is 1.17. The van der Waals surface area contributed by atoms with E-state index in [0.717, 1.165) is 20.9 Å². The Hall–Kier alpha value is -1.26. The molecule has 0 saturated heterocycles. The molecule has 2 heterocycles. The van der Waals surface area contributed by atoms with E-state index in [1.807, 2.05) is 24.4 Å². The number of oxazole rings is 1. The van der Waals surface area contributed by atoms with Crippen LogP contribution < -0.4 is 0 Å². The standard InChI is InChI=1S/C12H8BrClN2O/c1-6-16-12(14)11(17-6)9-5-15-10-3-2-7(13)4-8(9)10/h2-5,15H,1H3. The van der Waals surface area contributed by atoms with E-state index in [2.05, 4.69) is 25.9 Å². The van der Waals surface area contributed by atoms with Gasteiger partial charge < -0.3 is 9.40 Å². The number of aromatic nitrogens is 2. The molecule has 0 unspecified atom stereocenters. The molecule has 1 aromatic carbocycles. The summed E-state index contributed by atoms with van der Waals surface area (Å²) in [6.45, 7) is 1.78. The number of aromatic amines is 1. The molecule has 0 aliphatic carbocycles. The van der Waals surface area contributed by atoms with Gasteiger partial charge in [-0.15, -0.1) is 0 Å². The van der Waals surface area contributed by atoms with E-state index in [9.17, 15) is 0 Å². The number of H-pyrrole nitrogens is 1. The molecule has 0 bridgehead atoms. The van der Waals surface area contributed by atoms with Gasteiger partial charge in [0.25, 0.3) is 0 Å². The molecule has 0 saturated carbocycles. The lowest BCUT2D eigenvalue weighted by atomic mass is 10.1. The molecule has 0 fully saturated rings. The molecule has 0 aliphatic rings. The highest BCUT2D eigenvalue weighted by molar-refractivity contribution is 9.10. The number of benzene rings is 1. The average Bonchev–Trinajstić information content (AvgIpc) is 2.81. The fourth-order valence-electron chi connectivity index (χ4n) is 1.85. The highest BCUT2D eigenvalue weighted by Crippen LogP contribution is 2.35. The maximum absolute atomic E-state index is 6.05. The average molecular weight is 312 g/mol. The summed E-state index contributed by atoms with van der Waals surface area (Å²) in [7, 11) is 0. The Morgan fingerprint density at radius 3 is 2.94 bits per heavy atom. The summed E-state index contributed by atoms with van der Waals surface area (Å²) < 4.78 is 6.54. The van der Waals surface area contributed by atoms with Gasteiger partial charge in [0, 0.05) is 34.1 Å². The number of nitrogens with zero attached hydrogens (tertiary/aromatic N) is 1. The van der Waals surface area contributed by atoms with Crippen molar-refractivity contribution in [1.82, 2.24) is 9.97 Å². The van der Waals surface area contributed by atoms with Crippen LogP contribution in [0.3, 0.4) is 0 Å². The topological polar surface area (TPSA) is 41.8 Å².